The summed E-state index contributed by atoms with van der Waals surface area (Å²) in [6.07, 6.45) is 0.924. The van der Waals surface area contributed by atoms with Crippen LogP contribution < -0.4 is 0 Å². The molecule has 1 saturated heterocycles. The van der Waals surface area contributed by atoms with Gasteiger partial charge in [0.1, 0.15) is 0 Å². The van der Waals surface area contributed by atoms with E-state index in [4.69, 9.17) is 5.11 Å². The van der Waals surface area contributed by atoms with Gasteiger partial charge in [-0.2, -0.15) is 0 Å². The minimum absolute atomic E-state index is 0.0417. The predicted octanol–water partition coefficient (Wildman–Crippen LogP) is 1.35. The van der Waals surface area contributed by atoms with Gasteiger partial charge >= 0.3 is 0 Å². The molecule has 1 aliphatic rings. The van der Waals surface area contributed by atoms with Crippen LogP contribution in [0.3, 0.4) is 0 Å². The molecule has 0 aromatic heterocycles. The summed E-state index contributed by atoms with van der Waals surface area (Å²) in [4.78, 5) is 16.5. The van der Waals surface area contributed by atoms with Crippen LogP contribution >= 0.6 is 0 Å². The SMILES string of the molecule is CCN(CCO)C(=O)C1CCN(Cc2ccccc2)C1. The molecule has 1 amide bonds. The summed E-state index contributed by atoms with van der Waals surface area (Å²) >= 11 is 0. The van der Waals surface area contributed by atoms with Crippen LogP contribution in [0.2, 0.25) is 0 Å². The van der Waals surface area contributed by atoms with Crippen LogP contribution in [0.4, 0.5) is 0 Å². The minimum Gasteiger partial charge on any atom is -0.395 e. The number of carbonyl (C=O) groups excluding carboxylic acids is 1. The summed E-state index contributed by atoms with van der Waals surface area (Å²) < 4.78 is 0. The van der Waals surface area contributed by atoms with Gasteiger partial charge in [-0.15, -0.1) is 0 Å². The zero-order valence-corrected chi connectivity index (χ0v) is 12.2. The second kappa shape index (κ2) is 7.41. The van der Waals surface area contributed by atoms with Gasteiger partial charge in [0.15, 0.2) is 0 Å². The highest BCUT2D eigenvalue weighted by Crippen LogP contribution is 2.20. The molecule has 1 aromatic rings. The Morgan fingerprint density at radius 1 is 1.40 bits per heavy atom. The number of carbonyl (C=O) groups is 1. The van der Waals surface area contributed by atoms with E-state index in [0.717, 1.165) is 26.1 Å². The molecule has 2 rings (SSSR count). The normalized spacial score (nSPS) is 19.2. The Kier molecular flexibility index (Phi) is 5.56. The molecule has 1 heterocycles. The summed E-state index contributed by atoms with van der Waals surface area (Å²) in [5.74, 6) is 0.280. The molecule has 1 atom stereocenters. The summed E-state index contributed by atoms with van der Waals surface area (Å²) in [6.45, 7) is 5.84. The van der Waals surface area contributed by atoms with Crippen LogP contribution in [0.15, 0.2) is 30.3 Å². The summed E-state index contributed by atoms with van der Waals surface area (Å²) in [5.41, 5.74) is 1.29. The lowest BCUT2D eigenvalue weighted by atomic mass is 10.1. The average molecular weight is 276 g/mol. The van der Waals surface area contributed by atoms with Crippen LogP contribution in [-0.4, -0.2) is 53.6 Å². The third kappa shape index (κ3) is 3.81. The van der Waals surface area contributed by atoms with Crippen molar-refractivity contribution in [2.24, 2.45) is 5.92 Å². The number of hydrogen-bond acceptors (Lipinski definition) is 3. The number of amides is 1. The number of likely N-dealkylation sites (N-methyl/N-ethyl adjacent to an activating group) is 1. The van der Waals surface area contributed by atoms with Gasteiger partial charge in [-0.05, 0) is 25.5 Å². The molecule has 4 nitrogen and oxygen atoms in total. The van der Waals surface area contributed by atoms with E-state index in [1.54, 1.807) is 4.90 Å². The van der Waals surface area contributed by atoms with Gasteiger partial charge in [0.2, 0.25) is 5.91 Å². The molecule has 1 aromatic carbocycles. The molecule has 0 bridgehead atoms. The van der Waals surface area contributed by atoms with E-state index in [-0.39, 0.29) is 18.4 Å². The largest absolute Gasteiger partial charge is 0.395 e. The monoisotopic (exact) mass is 276 g/mol. The third-order valence-electron chi connectivity index (χ3n) is 3.93. The first-order valence-corrected chi connectivity index (χ1v) is 7.40. The minimum atomic E-state index is 0.0417. The second-order valence-electron chi connectivity index (χ2n) is 5.35. The highest BCUT2D eigenvalue weighted by Gasteiger charge is 2.30. The fraction of sp³-hybridized carbons (Fsp3) is 0.562. The van der Waals surface area contributed by atoms with Gasteiger partial charge in [-0.25, -0.2) is 0 Å². The zero-order valence-electron chi connectivity index (χ0n) is 12.2. The average Bonchev–Trinajstić information content (AvgIpc) is 2.93. The fourth-order valence-electron chi connectivity index (χ4n) is 2.82. The molecule has 20 heavy (non-hydrogen) atoms. The maximum Gasteiger partial charge on any atom is 0.227 e. The van der Waals surface area contributed by atoms with Gasteiger partial charge in [0.05, 0.1) is 12.5 Å². The second-order valence-corrected chi connectivity index (χ2v) is 5.35. The summed E-state index contributed by atoms with van der Waals surface area (Å²) in [6, 6.07) is 10.4. The lowest BCUT2D eigenvalue weighted by molar-refractivity contribution is -0.135. The Hall–Kier alpha value is -1.39. The number of hydrogen-bond donors (Lipinski definition) is 1. The van der Waals surface area contributed by atoms with Crippen molar-refractivity contribution >= 4 is 5.91 Å². The quantitative estimate of drug-likeness (QED) is 0.853. The number of rotatable bonds is 6. The van der Waals surface area contributed by atoms with E-state index in [1.807, 2.05) is 25.1 Å². The molecule has 0 spiro atoms. The zero-order chi connectivity index (χ0) is 14.4. The highest BCUT2D eigenvalue weighted by molar-refractivity contribution is 5.79. The number of aliphatic hydroxyl groups excluding tert-OH is 1. The van der Waals surface area contributed by atoms with E-state index < -0.39 is 0 Å². The molecule has 1 aliphatic heterocycles. The number of aliphatic hydroxyl groups is 1. The van der Waals surface area contributed by atoms with E-state index in [2.05, 4.69) is 17.0 Å². The van der Waals surface area contributed by atoms with Gasteiger partial charge in [0, 0.05) is 26.2 Å². The van der Waals surface area contributed by atoms with E-state index in [1.165, 1.54) is 5.56 Å². The predicted molar refractivity (Wildman–Crippen MR) is 79.2 cm³/mol. The molecule has 4 heteroatoms. The maximum absolute atomic E-state index is 12.4. The van der Waals surface area contributed by atoms with Gasteiger partial charge < -0.3 is 10.0 Å². The first-order chi connectivity index (χ1) is 9.74. The lowest BCUT2D eigenvalue weighted by Crippen LogP contribution is -2.39. The molecule has 1 fully saturated rings. The first-order valence-electron chi connectivity index (χ1n) is 7.40. The smallest absolute Gasteiger partial charge is 0.227 e. The van der Waals surface area contributed by atoms with Crippen molar-refractivity contribution in [2.45, 2.75) is 19.9 Å². The van der Waals surface area contributed by atoms with Crippen molar-refractivity contribution in [3.05, 3.63) is 35.9 Å². The van der Waals surface area contributed by atoms with Gasteiger partial charge in [-0.1, -0.05) is 30.3 Å². The fourth-order valence-corrected chi connectivity index (χ4v) is 2.82. The Bertz CT molecular complexity index is 422. The molecule has 0 radical (unpaired) electrons. The highest BCUT2D eigenvalue weighted by atomic mass is 16.3. The van der Waals surface area contributed by atoms with Gasteiger partial charge in [-0.3, -0.25) is 9.69 Å². The van der Waals surface area contributed by atoms with E-state index in [0.29, 0.717) is 13.1 Å². The van der Waals surface area contributed by atoms with Crippen molar-refractivity contribution in [3.63, 3.8) is 0 Å². The summed E-state index contributed by atoms with van der Waals surface area (Å²) in [7, 11) is 0. The molecule has 110 valence electrons. The molecular formula is C16H24N2O2. The van der Waals surface area contributed by atoms with Crippen molar-refractivity contribution in [2.75, 3.05) is 32.8 Å². The van der Waals surface area contributed by atoms with Crippen molar-refractivity contribution in [1.29, 1.82) is 0 Å². The maximum atomic E-state index is 12.4. The Balaban J connectivity index is 1.87. The molecular weight excluding hydrogens is 252 g/mol. The number of nitrogens with zero attached hydrogens (tertiary/aromatic N) is 2. The third-order valence-corrected chi connectivity index (χ3v) is 3.93. The number of benzene rings is 1. The van der Waals surface area contributed by atoms with Crippen LogP contribution in [0.5, 0.6) is 0 Å². The topological polar surface area (TPSA) is 43.8 Å². The molecule has 1 unspecified atom stereocenters. The molecule has 0 saturated carbocycles. The number of likely N-dealkylation sites (tertiary alicyclic amines) is 1. The van der Waals surface area contributed by atoms with Crippen LogP contribution in [0.25, 0.3) is 0 Å². The van der Waals surface area contributed by atoms with E-state index in [9.17, 15) is 4.79 Å². The standard InChI is InChI=1S/C16H24N2O2/c1-2-18(10-11-19)16(20)15-8-9-17(13-15)12-14-6-4-3-5-7-14/h3-7,15,19H,2,8-13H2,1H3. The van der Waals surface area contributed by atoms with Crippen LogP contribution in [0.1, 0.15) is 18.9 Å². The lowest BCUT2D eigenvalue weighted by Gasteiger charge is -2.23. The van der Waals surface area contributed by atoms with Crippen LogP contribution in [0, 0.1) is 5.92 Å². The van der Waals surface area contributed by atoms with Crippen molar-refractivity contribution in [1.82, 2.24) is 9.80 Å². The first kappa shape index (κ1) is 15.0. The molecule has 0 aliphatic carbocycles. The van der Waals surface area contributed by atoms with Crippen molar-refractivity contribution in [3.8, 4) is 0 Å². The van der Waals surface area contributed by atoms with E-state index >= 15 is 0 Å². The Labute approximate surface area is 121 Å². The summed E-state index contributed by atoms with van der Waals surface area (Å²) in [5, 5.41) is 9.00. The van der Waals surface area contributed by atoms with Crippen LogP contribution in [-0.2, 0) is 11.3 Å². The van der Waals surface area contributed by atoms with Gasteiger partial charge in [0.25, 0.3) is 0 Å². The Morgan fingerprint density at radius 2 is 2.15 bits per heavy atom. The Morgan fingerprint density at radius 3 is 2.80 bits per heavy atom. The molecule has 1 N–H and O–H groups in total. The van der Waals surface area contributed by atoms with Crippen molar-refractivity contribution < 1.29 is 9.90 Å².